The summed E-state index contributed by atoms with van der Waals surface area (Å²) in [7, 11) is 0. The van der Waals surface area contributed by atoms with Crippen molar-refractivity contribution in [2.75, 3.05) is 0 Å². The van der Waals surface area contributed by atoms with Crippen molar-refractivity contribution >= 4 is 0 Å². The molecule has 1 rings (SSSR count). The van der Waals surface area contributed by atoms with Gasteiger partial charge in [-0.2, -0.15) is 0 Å². The fraction of sp³-hybridized carbons (Fsp3) is 0. The van der Waals surface area contributed by atoms with Crippen molar-refractivity contribution < 1.29 is 40.4 Å². The van der Waals surface area contributed by atoms with Gasteiger partial charge >= 0.3 is 0 Å². The first-order valence-electron chi connectivity index (χ1n) is 1.43. The van der Waals surface area contributed by atoms with Gasteiger partial charge in [0.15, 0.2) is 0 Å². The van der Waals surface area contributed by atoms with E-state index in [2.05, 4.69) is 9.97 Å². The first-order chi connectivity index (χ1) is 2.50. The van der Waals surface area contributed by atoms with Crippen molar-refractivity contribution in [3.05, 3.63) is 18.7 Å². The van der Waals surface area contributed by atoms with Crippen LogP contribution in [-0.2, 0) is 0 Å². The number of aromatic amines is 1. The molecule has 1 heterocycles. The Labute approximate surface area is 68.5 Å². The van der Waals surface area contributed by atoms with Gasteiger partial charge in [-0.3, -0.25) is 0 Å². The van der Waals surface area contributed by atoms with E-state index in [4.69, 9.17) is 0 Å². The number of imidazole rings is 1. The molecule has 3 heteroatoms. The summed E-state index contributed by atoms with van der Waals surface area (Å²) in [5.74, 6) is 0. The molecule has 0 radical (unpaired) electrons. The minimum atomic E-state index is 0. The number of nitrogens with zero attached hydrogens (tertiary/aromatic N) is 1. The second-order valence-corrected chi connectivity index (χ2v) is 0.761. The van der Waals surface area contributed by atoms with Crippen LogP contribution in [0.5, 0.6) is 0 Å². The van der Waals surface area contributed by atoms with Crippen molar-refractivity contribution in [1.29, 1.82) is 0 Å². The molecule has 0 aliphatic heterocycles. The quantitative estimate of drug-likeness (QED) is 0.671. The third kappa shape index (κ3) is 1.86. The first kappa shape index (κ1) is 6.55. The second kappa shape index (κ2) is 3.73. The van der Waals surface area contributed by atoms with Crippen LogP contribution < -0.4 is 0 Å². The molecule has 0 aliphatic carbocycles. The van der Waals surface area contributed by atoms with Crippen LogP contribution in [0.25, 0.3) is 0 Å². The van der Waals surface area contributed by atoms with Gasteiger partial charge in [0.1, 0.15) is 0 Å². The molecule has 0 unspecified atom stereocenters. The van der Waals surface area contributed by atoms with Crippen LogP contribution in [0, 0.1) is 40.4 Å². The summed E-state index contributed by atoms with van der Waals surface area (Å²) in [6.45, 7) is 0. The molecule has 0 amide bonds. The van der Waals surface area contributed by atoms with Gasteiger partial charge < -0.3 is 4.98 Å². The van der Waals surface area contributed by atoms with E-state index in [0.29, 0.717) is 0 Å². The fourth-order valence-electron chi connectivity index (χ4n) is 0.215. The van der Waals surface area contributed by atoms with E-state index in [1.54, 1.807) is 18.7 Å². The zero-order chi connectivity index (χ0) is 3.54. The van der Waals surface area contributed by atoms with E-state index in [9.17, 15) is 0 Å². The smallest absolute Gasteiger partial charge is 0.0919 e. The first-order valence-corrected chi connectivity index (χ1v) is 1.43. The monoisotopic (exact) mass is 220 g/mol. The van der Waals surface area contributed by atoms with Gasteiger partial charge in [-0.1, -0.05) is 0 Å². The zero-order valence-electron chi connectivity index (χ0n) is 3.09. The molecule has 1 aromatic rings. The van der Waals surface area contributed by atoms with Crippen LogP contribution in [0.3, 0.4) is 0 Å². The van der Waals surface area contributed by atoms with Gasteiger partial charge in [0, 0.05) is 52.8 Å². The minimum Gasteiger partial charge on any atom is -0.351 e. The number of aromatic nitrogens is 2. The van der Waals surface area contributed by atoms with E-state index in [1.807, 2.05) is 0 Å². The molecule has 0 saturated heterocycles. The number of hydrogen-bond donors (Lipinski definition) is 1. The minimum absolute atomic E-state index is 0. The molecule has 0 aliphatic rings. The van der Waals surface area contributed by atoms with E-state index in [-0.39, 0.29) is 40.4 Å². The van der Waals surface area contributed by atoms with E-state index >= 15 is 0 Å². The molecular weight excluding hydrogens is 214 g/mol. The van der Waals surface area contributed by atoms with Crippen LogP contribution >= 0.6 is 0 Å². The van der Waals surface area contributed by atoms with E-state index in [0.717, 1.165) is 0 Å². The topological polar surface area (TPSA) is 28.7 Å². The Morgan fingerprint density at radius 1 is 1.50 bits per heavy atom. The second-order valence-electron chi connectivity index (χ2n) is 0.761. The van der Waals surface area contributed by atoms with Crippen molar-refractivity contribution in [3.8, 4) is 0 Å². The predicted octanol–water partition coefficient (Wildman–Crippen LogP) is 0.410. The van der Waals surface area contributed by atoms with Gasteiger partial charge in [0.05, 0.1) is 6.33 Å². The van der Waals surface area contributed by atoms with Crippen molar-refractivity contribution in [3.63, 3.8) is 0 Å². The van der Waals surface area contributed by atoms with Crippen LogP contribution in [0.4, 0.5) is 0 Å². The molecule has 0 spiro atoms. The average Bonchev–Trinajstić information content (AvgIpc) is 1.76. The normalized spacial score (nSPS) is 6.67. The summed E-state index contributed by atoms with van der Waals surface area (Å²) >= 11 is 0. The SMILES string of the molecule is [Sm].c1c[nH]cn1. The summed E-state index contributed by atoms with van der Waals surface area (Å²) in [5.41, 5.74) is 0. The Morgan fingerprint density at radius 3 is 2.50 bits per heavy atom. The maximum Gasteiger partial charge on any atom is 0.0919 e. The van der Waals surface area contributed by atoms with Crippen LogP contribution in [0.2, 0.25) is 0 Å². The van der Waals surface area contributed by atoms with E-state index in [1.165, 1.54) is 0 Å². The largest absolute Gasteiger partial charge is 0.351 e. The van der Waals surface area contributed by atoms with Crippen molar-refractivity contribution in [2.45, 2.75) is 0 Å². The number of rotatable bonds is 0. The van der Waals surface area contributed by atoms with Gasteiger partial charge in [0.25, 0.3) is 0 Å². The van der Waals surface area contributed by atoms with Gasteiger partial charge in [0.2, 0.25) is 0 Å². The zero-order valence-corrected chi connectivity index (χ0v) is 5.71. The van der Waals surface area contributed by atoms with Gasteiger partial charge in [-0.05, 0) is 0 Å². The Balaban J connectivity index is 0.000000250. The summed E-state index contributed by atoms with van der Waals surface area (Å²) < 4.78 is 0. The molecule has 0 aromatic carbocycles. The van der Waals surface area contributed by atoms with Crippen LogP contribution in [-0.4, -0.2) is 9.97 Å². The molecule has 0 bridgehead atoms. The molecule has 32 valence electrons. The Bertz CT molecular complexity index is 65.3. The molecule has 0 saturated carbocycles. The van der Waals surface area contributed by atoms with Crippen LogP contribution in [0.1, 0.15) is 0 Å². The number of nitrogens with one attached hydrogen (secondary N) is 1. The molecule has 0 atom stereocenters. The summed E-state index contributed by atoms with van der Waals surface area (Å²) in [5, 5.41) is 0. The summed E-state index contributed by atoms with van der Waals surface area (Å²) in [6, 6.07) is 0. The average molecular weight is 218 g/mol. The Hall–Kier alpha value is 0.548. The molecule has 2 nitrogen and oxygen atoms in total. The Kier molecular flexibility index (Phi) is 4.07. The fourth-order valence-corrected chi connectivity index (χ4v) is 0.215. The molecular formula is C3H4N2Sm. The molecule has 1 N–H and O–H groups in total. The van der Waals surface area contributed by atoms with Gasteiger partial charge in [-0.15, -0.1) is 0 Å². The third-order valence-electron chi connectivity index (χ3n) is 0.406. The number of H-pyrrole nitrogens is 1. The molecule has 0 fully saturated rings. The summed E-state index contributed by atoms with van der Waals surface area (Å²) in [4.78, 5) is 6.42. The maximum atomic E-state index is 3.67. The van der Waals surface area contributed by atoms with Crippen LogP contribution in [0.15, 0.2) is 18.7 Å². The summed E-state index contributed by atoms with van der Waals surface area (Å²) in [6.07, 6.45) is 5.08. The van der Waals surface area contributed by atoms with Crippen molar-refractivity contribution in [2.24, 2.45) is 0 Å². The van der Waals surface area contributed by atoms with Crippen molar-refractivity contribution in [1.82, 2.24) is 9.97 Å². The standard InChI is InChI=1S/C3H4N2.Sm/c1-2-5-3-4-1;/h1-3H,(H,4,5);. The maximum absolute atomic E-state index is 3.67. The third-order valence-corrected chi connectivity index (χ3v) is 0.406. The molecule has 6 heavy (non-hydrogen) atoms. The predicted molar refractivity (Wildman–Crippen MR) is 18.6 cm³/mol. The number of hydrogen-bond acceptors (Lipinski definition) is 1. The molecule has 1 aromatic heterocycles. The van der Waals surface area contributed by atoms with E-state index < -0.39 is 0 Å². The Morgan fingerprint density at radius 2 is 2.33 bits per heavy atom. The van der Waals surface area contributed by atoms with Gasteiger partial charge in [-0.25, -0.2) is 4.98 Å².